The Balaban J connectivity index is 1.90. The fourth-order valence-corrected chi connectivity index (χ4v) is 2.33. The zero-order chi connectivity index (χ0) is 16.4. The van der Waals surface area contributed by atoms with Gasteiger partial charge in [-0.2, -0.15) is 0 Å². The molecule has 3 rings (SSSR count). The summed E-state index contributed by atoms with van der Waals surface area (Å²) in [6.45, 7) is -0.128. The molecule has 3 aromatic rings. The summed E-state index contributed by atoms with van der Waals surface area (Å²) in [5.41, 5.74) is 0.182. The monoisotopic (exact) mass is 314 g/mol. The minimum absolute atomic E-state index is 0.0777. The van der Waals surface area contributed by atoms with Crippen molar-refractivity contribution in [1.29, 1.82) is 0 Å². The third-order valence-electron chi connectivity index (χ3n) is 3.40. The van der Waals surface area contributed by atoms with E-state index in [2.05, 4.69) is 5.32 Å². The molecule has 0 aliphatic heterocycles. The van der Waals surface area contributed by atoms with Gasteiger partial charge in [0.15, 0.2) is 5.43 Å². The van der Waals surface area contributed by atoms with Crippen LogP contribution in [0.15, 0.2) is 59.5 Å². The summed E-state index contributed by atoms with van der Waals surface area (Å²) in [7, 11) is 0. The van der Waals surface area contributed by atoms with E-state index in [0.29, 0.717) is 5.52 Å². The molecule has 1 amide bonds. The Kier molecular flexibility index (Phi) is 3.89. The number of para-hydroxylation sites is 1. The molecule has 0 aliphatic rings. The lowest BCUT2D eigenvalue weighted by molar-refractivity contribution is -0.116. The third-order valence-corrected chi connectivity index (χ3v) is 3.40. The highest BCUT2D eigenvalue weighted by atomic mass is 19.1. The van der Waals surface area contributed by atoms with E-state index in [9.17, 15) is 18.4 Å². The second-order valence-electron chi connectivity index (χ2n) is 5.00. The van der Waals surface area contributed by atoms with E-state index in [1.165, 1.54) is 47.2 Å². The van der Waals surface area contributed by atoms with Crippen LogP contribution in [0.1, 0.15) is 0 Å². The van der Waals surface area contributed by atoms with Crippen LogP contribution in [0.4, 0.5) is 14.5 Å². The maximum Gasteiger partial charge on any atom is 0.244 e. The first-order valence-electron chi connectivity index (χ1n) is 6.88. The lowest BCUT2D eigenvalue weighted by atomic mass is 10.2. The smallest absolute Gasteiger partial charge is 0.244 e. The van der Waals surface area contributed by atoms with Gasteiger partial charge in [0, 0.05) is 17.6 Å². The number of carbonyl (C=O) groups excluding carboxylic acids is 1. The van der Waals surface area contributed by atoms with E-state index < -0.39 is 17.5 Å². The number of nitrogens with zero attached hydrogens (tertiary/aromatic N) is 1. The van der Waals surface area contributed by atoms with Gasteiger partial charge < -0.3 is 9.88 Å². The van der Waals surface area contributed by atoms with Gasteiger partial charge in [-0.15, -0.1) is 0 Å². The molecular weight excluding hydrogens is 302 g/mol. The lowest BCUT2D eigenvalue weighted by Gasteiger charge is -2.11. The summed E-state index contributed by atoms with van der Waals surface area (Å²) in [6, 6.07) is 10.9. The number of carbonyl (C=O) groups is 1. The number of aromatic nitrogens is 1. The van der Waals surface area contributed by atoms with Crippen molar-refractivity contribution in [2.75, 3.05) is 5.32 Å². The topological polar surface area (TPSA) is 51.1 Å². The second kappa shape index (κ2) is 6.00. The van der Waals surface area contributed by atoms with Gasteiger partial charge >= 0.3 is 0 Å². The summed E-state index contributed by atoms with van der Waals surface area (Å²) in [4.78, 5) is 23.9. The van der Waals surface area contributed by atoms with E-state index in [4.69, 9.17) is 0 Å². The summed E-state index contributed by atoms with van der Waals surface area (Å²) >= 11 is 0. The van der Waals surface area contributed by atoms with Crippen LogP contribution < -0.4 is 10.7 Å². The largest absolute Gasteiger partial charge is 0.338 e. The molecule has 0 atom stereocenters. The van der Waals surface area contributed by atoms with Crippen LogP contribution in [0.2, 0.25) is 0 Å². The molecule has 0 bridgehead atoms. The number of hydrogen-bond donors (Lipinski definition) is 1. The molecular formula is C17H12F2N2O2. The molecule has 0 aliphatic carbocycles. The SMILES string of the molecule is O=C(Cn1ccc(=O)c2cc(F)ccc21)Nc1ccccc1F. The fourth-order valence-electron chi connectivity index (χ4n) is 2.33. The van der Waals surface area contributed by atoms with Gasteiger partial charge in [0.2, 0.25) is 5.91 Å². The van der Waals surface area contributed by atoms with Crippen molar-refractivity contribution in [2.45, 2.75) is 6.54 Å². The summed E-state index contributed by atoms with van der Waals surface area (Å²) < 4.78 is 28.3. The molecule has 4 nitrogen and oxygen atoms in total. The Labute approximate surface area is 130 Å². The summed E-state index contributed by atoms with van der Waals surface area (Å²) in [6.07, 6.45) is 1.45. The minimum Gasteiger partial charge on any atom is -0.338 e. The van der Waals surface area contributed by atoms with Gasteiger partial charge in [-0.25, -0.2) is 8.78 Å². The van der Waals surface area contributed by atoms with Crippen LogP contribution in [0.3, 0.4) is 0 Å². The zero-order valence-corrected chi connectivity index (χ0v) is 11.9. The van der Waals surface area contributed by atoms with Crippen molar-refractivity contribution < 1.29 is 13.6 Å². The van der Waals surface area contributed by atoms with Crippen molar-refractivity contribution in [3.8, 4) is 0 Å². The standard InChI is InChI=1S/C17H12F2N2O2/c18-11-5-6-15-12(9-11)16(22)7-8-21(15)10-17(23)20-14-4-2-1-3-13(14)19/h1-9H,10H2,(H,20,23). The van der Waals surface area contributed by atoms with E-state index in [1.807, 2.05) is 0 Å². The first-order chi connectivity index (χ1) is 11.0. The number of fused-ring (bicyclic) bond motifs is 1. The van der Waals surface area contributed by atoms with Crippen LogP contribution in [0.25, 0.3) is 10.9 Å². The van der Waals surface area contributed by atoms with Gasteiger partial charge in [-0.1, -0.05) is 12.1 Å². The van der Waals surface area contributed by atoms with Crippen molar-refractivity contribution in [1.82, 2.24) is 4.57 Å². The first kappa shape index (κ1) is 14.9. The van der Waals surface area contributed by atoms with Gasteiger partial charge in [0.1, 0.15) is 18.2 Å². The Morgan fingerprint density at radius 1 is 1.09 bits per heavy atom. The van der Waals surface area contributed by atoms with Gasteiger partial charge in [0.05, 0.1) is 11.2 Å². The molecule has 0 unspecified atom stereocenters. The summed E-state index contributed by atoms with van der Waals surface area (Å²) in [5.74, 6) is -1.51. The van der Waals surface area contributed by atoms with Gasteiger partial charge in [-0.3, -0.25) is 9.59 Å². The number of benzene rings is 2. The van der Waals surface area contributed by atoms with Crippen molar-refractivity contribution in [2.24, 2.45) is 0 Å². The highest BCUT2D eigenvalue weighted by molar-refractivity contribution is 5.91. The quantitative estimate of drug-likeness (QED) is 0.808. The van der Waals surface area contributed by atoms with Gasteiger partial charge in [-0.05, 0) is 30.3 Å². The van der Waals surface area contributed by atoms with Crippen LogP contribution in [0, 0.1) is 11.6 Å². The molecule has 23 heavy (non-hydrogen) atoms. The number of halogens is 2. The average Bonchev–Trinajstić information content (AvgIpc) is 2.52. The van der Waals surface area contributed by atoms with E-state index in [-0.39, 0.29) is 23.0 Å². The zero-order valence-electron chi connectivity index (χ0n) is 11.9. The van der Waals surface area contributed by atoms with E-state index in [0.717, 1.165) is 6.07 Å². The molecule has 1 heterocycles. The number of rotatable bonds is 3. The molecule has 0 saturated heterocycles. The molecule has 0 spiro atoms. The number of hydrogen-bond acceptors (Lipinski definition) is 2. The summed E-state index contributed by atoms with van der Waals surface area (Å²) in [5, 5.41) is 2.65. The lowest BCUT2D eigenvalue weighted by Crippen LogP contribution is -2.21. The fraction of sp³-hybridized carbons (Fsp3) is 0.0588. The predicted octanol–water partition coefficient (Wildman–Crippen LogP) is 2.92. The maximum absolute atomic E-state index is 13.5. The Morgan fingerprint density at radius 3 is 2.65 bits per heavy atom. The number of pyridine rings is 1. The molecule has 0 fully saturated rings. The van der Waals surface area contributed by atoms with Crippen molar-refractivity contribution >= 4 is 22.5 Å². The molecule has 0 radical (unpaired) electrons. The molecule has 116 valence electrons. The molecule has 1 N–H and O–H groups in total. The first-order valence-corrected chi connectivity index (χ1v) is 6.88. The molecule has 6 heteroatoms. The predicted molar refractivity (Wildman–Crippen MR) is 83.2 cm³/mol. The Morgan fingerprint density at radius 2 is 1.87 bits per heavy atom. The minimum atomic E-state index is -0.535. The molecule has 0 saturated carbocycles. The number of nitrogens with one attached hydrogen (secondary N) is 1. The van der Waals surface area contributed by atoms with Crippen LogP contribution >= 0.6 is 0 Å². The maximum atomic E-state index is 13.5. The van der Waals surface area contributed by atoms with E-state index in [1.54, 1.807) is 6.07 Å². The average molecular weight is 314 g/mol. The van der Waals surface area contributed by atoms with Crippen molar-refractivity contribution in [3.05, 3.63) is 76.6 Å². The van der Waals surface area contributed by atoms with Crippen LogP contribution in [-0.2, 0) is 11.3 Å². The molecule has 2 aromatic carbocycles. The molecule has 1 aromatic heterocycles. The number of anilines is 1. The highest BCUT2D eigenvalue weighted by Crippen LogP contribution is 2.14. The Bertz CT molecular complexity index is 951. The second-order valence-corrected chi connectivity index (χ2v) is 5.00. The Hall–Kier alpha value is -3.02. The number of amides is 1. The van der Waals surface area contributed by atoms with Crippen molar-refractivity contribution in [3.63, 3.8) is 0 Å². The van der Waals surface area contributed by atoms with Crippen LogP contribution in [-0.4, -0.2) is 10.5 Å². The highest BCUT2D eigenvalue weighted by Gasteiger charge is 2.10. The normalized spacial score (nSPS) is 10.7. The van der Waals surface area contributed by atoms with E-state index >= 15 is 0 Å². The van der Waals surface area contributed by atoms with Crippen LogP contribution in [0.5, 0.6) is 0 Å². The van der Waals surface area contributed by atoms with Gasteiger partial charge in [0.25, 0.3) is 0 Å². The third kappa shape index (κ3) is 3.11.